The molecule has 0 amide bonds. The number of piperazine rings is 1. The molecule has 1 aliphatic heterocycles. The lowest BCUT2D eigenvalue weighted by Gasteiger charge is -2.39. The van der Waals surface area contributed by atoms with Crippen LogP contribution in [0.25, 0.3) is 0 Å². The normalized spacial score (nSPS) is 20.1. The molecule has 21 heavy (non-hydrogen) atoms. The van der Waals surface area contributed by atoms with Gasteiger partial charge in [0.25, 0.3) is 0 Å². The number of hydrogen-bond acceptors (Lipinski definition) is 3. The fourth-order valence-electron chi connectivity index (χ4n) is 2.92. The van der Waals surface area contributed by atoms with Crippen molar-refractivity contribution >= 4 is 5.97 Å². The maximum absolute atomic E-state index is 11.0. The average Bonchev–Trinajstić information content (AvgIpc) is 2.53. The van der Waals surface area contributed by atoms with Gasteiger partial charge in [-0.15, -0.1) is 0 Å². The molecule has 1 fully saturated rings. The molecule has 2 atom stereocenters. The summed E-state index contributed by atoms with van der Waals surface area (Å²) in [6.45, 7) is 7.68. The van der Waals surface area contributed by atoms with Crippen molar-refractivity contribution in [2.24, 2.45) is 0 Å². The van der Waals surface area contributed by atoms with Gasteiger partial charge in [0.1, 0.15) is 6.04 Å². The Morgan fingerprint density at radius 1 is 1.10 bits per heavy atom. The third-order valence-corrected chi connectivity index (χ3v) is 4.57. The van der Waals surface area contributed by atoms with Crippen LogP contribution in [0.4, 0.5) is 0 Å². The van der Waals surface area contributed by atoms with E-state index < -0.39 is 5.97 Å². The van der Waals surface area contributed by atoms with Crippen LogP contribution in [0.15, 0.2) is 30.3 Å². The highest BCUT2D eigenvalue weighted by Crippen LogP contribution is 2.14. The van der Waals surface area contributed by atoms with E-state index in [0.29, 0.717) is 6.04 Å². The van der Waals surface area contributed by atoms with E-state index in [4.69, 9.17) is 5.11 Å². The zero-order chi connectivity index (χ0) is 15.2. The summed E-state index contributed by atoms with van der Waals surface area (Å²) >= 11 is 0. The van der Waals surface area contributed by atoms with E-state index in [2.05, 4.69) is 47.1 Å². The van der Waals surface area contributed by atoms with Gasteiger partial charge in [-0.2, -0.15) is 0 Å². The minimum absolute atomic E-state index is 0.369. The van der Waals surface area contributed by atoms with Crippen LogP contribution in [0.1, 0.15) is 25.8 Å². The van der Waals surface area contributed by atoms with E-state index in [-0.39, 0.29) is 6.04 Å². The van der Waals surface area contributed by atoms with Gasteiger partial charge in [0, 0.05) is 32.2 Å². The van der Waals surface area contributed by atoms with Crippen molar-refractivity contribution in [2.45, 2.75) is 38.8 Å². The smallest absolute Gasteiger partial charge is 0.320 e. The van der Waals surface area contributed by atoms with Crippen LogP contribution >= 0.6 is 0 Å². The highest BCUT2D eigenvalue weighted by atomic mass is 16.4. The number of hydrogen-bond donors (Lipinski definition) is 1. The Labute approximate surface area is 127 Å². The standard InChI is InChI=1S/C17H26N2O2/c1-14(8-9-16-6-4-3-5-7-16)18-10-12-19(13-11-18)15(2)17(20)21/h3-7,14-15H,8-13H2,1-2H3,(H,20,21). The number of rotatable bonds is 6. The Hall–Kier alpha value is -1.39. The summed E-state index contributed by atoms with van der Waals surface area (Å²) < 4.78 is 0. The predicted octanol–water partition coefficient (Wildman–Crippen LogP) is 2.10. The fourth-order valence-corrected chi connectivity index (χ4v) is 2.92. The molecule has 2 rings (SSSR count). The molecule has 116 valence electrons. The molecule has 4 heteroatoms. The molecule has 1 saturated heterocycles. The summed E-state index contributed by atoms with van der Waals surface area (Å²) in [4.78, 5) is 15.6. The minimum atomic E-state index is -0.722. The van der Waals surface area contributed by atoms with Crippen LogP contribution in [-0.4, -0.2) is 59.1 Å². The quantitative estimate of drug-likeness (QED) is 0.871. The number of benzene rings is 1. The van der Waals surface area contributed by atoms with Crippen LogP contribution in [0, 0.1) is 0 Å². The number of nitrogens with zero attached hydrogens (tertiary/aromatic N) is 2. The molecule has 0 saturated carbocycles. The molecule has 2 unspecified atom stereocenters. The molecule has 1 N–H and O–H groups in total. The van der Waals surface area contributed by atoms with Crippen LogP contribution in [0.3, 0.4) is 0 Å². The SMILES string of the molecule is CC(CCc1ccccc1)N1CCN(C(C)C(=O)O)CC1. The Balaban J connectivity index is 1.75. The number of carbonyl (C=O) groups is 1. The van der Waals surface area contributed by atoms with Crippen molar-refractivity contribution in [3.8, 4) is 0 Å². The molecule has 1 heterocycles. The Kier molecular flexibility index (Phi) is 5.76. The molecule has 1 aromatic rings. The molecule has 1 aromatic carbocycles. The highest BCUT2D eigenvalue weighted by Gasteiger charge is 2.26. The summed E-state index contributed by atoms with van der Waals surface area (Å²) in [6, 6.07) is 10.8. The van der Waals surface area contributed by atoms with Gasteiger partial charge in [-0.05, 0) is 32.3 Å². The van der Waals surface area contributed by atoms with Crippen molar-refractivity contribution in [2.75, 3.05) is 26.2 Å². The third kappa shape index (κ3) is 4.55. The lowest BCUT2D eigenvalue weighted by Crippen LogP contribution is -2.53. The largest absolute Gasteiger partial charge is 0.480 e. The topological polar surface area (TPSA) is 43.8 Å². The van der Waals surface area contributed by atoms with Gasteiger partial charge in [-0.1, -0.05) is 30.3 Å². The summed E-state index contributed by atoms with van der Waals surface area (Å²) in [6.07, 6.45) is 2.26. The molecule has 1 aliphatic rings. The lowest BCUT2D eigenvalue weighted by atomic mass is 10.0. The van der Waals surface area contributed by atoms with E-state index in [1.807, 2.05) is 0 Å². The third-order valence-electron chi connectivity index (χ3n) is 4.57. The fraction of sp³-hybridized carbons (Fsp3) is 0.588. The second-order valence-corrected chi connectivity index (χ2v) is 5.96. The summed E-state index contributed by atoms with van der Waals surface area (Å²) in [7, 11) is 0. The maximum atomic E-state index is 11.0. The molecular formula is C17H26N2O2. The van der Waals surface area contributed by atoms with E-state index in [9.17, 15) is 4.79 Å². The number of aliphatic carboxylic acids is 1. The van der Waals surface area contributed by atoms with E-state index >= 15 is 0 Å². The first-order chi connectivity index (χ1) is 10.1. The highest BCUT2D eigenvalue weighted by molar-refractivity contribution is 5.72. The first-order valence-corrected chi connectivity index (χ1v) is 7.82. The number of carboxylic acids is 1. The molecule has 0 aromatic heterocycles. The first-order valence-electron chi connectivity index (χ1n) is 7.82. The molecule has 0 radical (unpaired) electrons. The van der Waals surface area contributed by atoms with Crippen molar-refractivity contribution in [1.82, 2.24) is 9.80 Å². The second-order valence-electron chi connectivity index (χ2n) is 5.96. The molecule has 0 spiro atoms. The summed E-state index contributed by atoms with van der Waals surface area (Å²) in [5.41, 5.74) is 1.39. The summed E-state index contributed by atoms with van der Waals surface area (Å²) in [5, 5.41) is 9.06. The van der Waals surface area contributed by atoms with Gasteiger partial charge >= 0.3 is 5.97 Å². The van der Waals surface area contributed by atoms with Crippen LogP contribution < -0.4 is 0 Å². The number of aryl methyl sites for hydroxylation is 1. The number of carboxylic acid groups (broad SMARTS) is 1. The van der Waals surface area contributed by atoms with E-state index in [1.165, 1.54) is 5.56 Å². The van der Waals surface area contributed by atoms with Gasteiger partial charge in [-0.25, -0.2) is 0 Å². The van der Waals surface area contributed by atoms with Gasteiger partial charge in [0.2, 0.25) is 0 Å². The monoisotopic (exact) mass is 290 g/mol. The van der Waals surface area contributed by atoms with Crippen molar-refractivity contribution in [3.05, 3.63) is 35.9 Å². The average molecular weight is 290 g/mol. The van der Waals surface area contributed by atoms with E-state index in [1.54, 1.807) is 6.92 Å². The zero-order valence-electron chi connectivity index (χ0n) is 13.0. The minimum Gasteiger partial charge on any atom is -0.480 e. The van der Waals surface area contributed by atoms with Gasteiger partial charge in [-0.3, -0.25) is 14.6 Å². The van der Waals surface area contributed by atoms with Crippen LogP contribution in [0.5, 0.6) is 0 Å². The van der Waals surface area contributed by atoms with E-state index in [0.717, 1.165) is 39.0 Å². The van der Waals surface area contributed by atoms with Gasteiger partial charge in [0.05, 0.1) is 0 Å². The van der Waals surface area contributed by atoms with Crippen LogP contribution in [0.2, 0.25) is 0 Å². The maximum Gasteiger partial charge on any atom is 0.320 e. The Bertz CT molecular complexity index is 441. The zero-order valence-corrected chi connectivity index (χ0v) is 13.0. The van der Waals surface area contributed by atoms with Gasteiger partial charge in [0.15, 0.2) is 0 Å². The molecule has 0 bridgehead atoms. The van der Waals surface area contributed by atoms with Crippen molar-refractivity contribution in [3.63, 3.8) is 0 Å². The summed E-state index contributed by atoms with van der Waals surface area (Å²) in [5.74, 6) is -0.722. The Morgan fingerprint density at radius 2 is 1.67 bits per heavy atom. The lowest BCUT2D eigenvalue weighted by molar-refractivity contribution is -0.143. The molecule has 0 aliphatic carbocycles. The predicted molar refractivity (Wildman–Crippen MR) is 84.5 cm³/mol. The second kappa shape index (κ2) is 7.57. The van der Waals surface area contributed by atoms with Crippen molar-refractivity contribution in [1.29, 1.82) is 0 Å². The first kappa shape index (κ1) is 16.0. The molecular weight excluding hydrogens is 264 g/mol. The Morgan fingerprint density at radius 3 is 2.24 bits per heavy atom. The van der Waals surface area contributed by atoms with Crippen LogP contribution in [-0.2, 0) is 11.2 Å². The molecule has 4 nitrogen and oxygen atoms in total. The van der Waals surface area contributed by atoms with Crippen molar-refractivity contribution < 1.29 is 9.90 Å². The van der Waals surface area contributed by atoms with Gasteiger partial charge < -0.3 is 5.11 Å².